The van der Waals surface area contributed by atoms with Crippen molar-refractivity contribution in [3.63, 3.8) is 0 Å². The largest absolute Gasteiger partial charge is 0.348 e. The minimum atomic E-state index is -0.517. The van der Waals surface area contributed by atoms with Crippen molar-refractivity contribution < 1.29 is 14.0 Å². The van der Waals surface area contributed by atoms with Crippen LogP contribution in [0.5, 0.6) is 0 Å². The lowest BCUT2D eigenvalue weighted by molar-refractivity contribution is 0.0693. The molecule has 1 N–H and O–H groups in total. The van der Waals surface area contributed by atoms with Crippen LogP contribution in [-0.4, -0.2) is 40.8 Å². The number of likely N-dealkylation sites (tertiary alicyclic amines) is 1. The highest BCUT2D eigenvalue weighted by atomic mass is 35.5. The fourth-order valence-corrected chi connectivity index (χ4v) is 4.41. The second-order valence-electron chi connectivity index (χ2n) is 7.07. The molecule has 1 fully saturated rings. The van der Waals surface area contributed by atoms with Gasteiger partial charge in [0.15, 0.2) is 0 Å². The zero-order chi connectivity index (χ0) is 21.1. The van der Waals surface area contributed by atoms with E-state index in [0.717, 1.165) is 10.6 Å². The van der Waals surface area contributed by atoms with E-state index < -0.39 is 5.82 Å². The number of aromatic nitrogens is 1. The summed E-state index contributed by atoms with van der Waals surface area (Å²) in [7, 11) is 0. The maximum atomic E-state index is 13.9. The molecule has 8 heteroatoms. The first kappa shape index (κ1) is 20.5. The average molecular weight is 444 g/mol. The lowest BCUT2D eigenvalue weighted by Gasteiger charge is -2.32. The Morgan fingerprint density at radius 1 is 1.13 bits per heavy atom. The molecule has 0 aliphatic carbocycles. The number of carbonyl (C=O) groups is 2. The number of hydrogen-bond donors (Lipinski definition) is 1. The lowest BCUT2D eigenvalue weighted by atomic mass is 10.0. The highest BCUT2D eigenvalue weighted by Gasteiger charge is 2.26. The topological polar surface area (TPSA) is 62.3 Å². The number of thiazole rings is 1. The van der Waals surface area contributed by atoms with Gasteiger partial charge in [-0.15, -0.1) is 11.3 Å². The molecule has 1 aliphatic rings. The van der Waals surface area contributed by atoms with E-state index in [1.54, 1.807) is 28.5 Å². The highest BCUT2D eigenvalue weighted by molar-refractivity contribution is 7.13. The number of benzene rings is 2. The van der Waals surface area contributed by atoms with Crippen LogP contribution in [0.25, 0.3) is 10.6 Å². The Hall–Kier alpha value is -2.77. The lowest BCUT2D eigenvalue weighted by Crippen LogP contribution is -2.46. The number of rotatable bonds is 4. The van der Waals surface area contributed by atoms with Gasteiger partial charge in [-0.3, -0.25) is 9.59 Å². The van der Waals surface area contributed by atoms with E-state index >= 15 is 0 Å². The molecule has 0 radical (unpaired) electrons. The number of nitrogens with zero attached hydrogens (tertiary/aromatic N) is 2. The fraction of sp³-hybridized carbons (Fsp3) is 0.227. The number of piperidine rings is 1. The smallest absolute Gasteiger partial charge is 0.270 e. The molecule has 2 aromatic carbocycles. The quantitative estimate of drug-likeness (QED) is 0.639. The van der Waals surface area contributed by atoms with Crippen LogP contribution in [0.4, 0.5) is 4.39 Å². The maximum Gasteiger partial charge on any atom is 0.270 e. The molecule has 1 aliphatic heterocycles. The zero-order valence-electron chi connectivity index (χ0n) is 16.0. The third-order valence-electron chi connectivity index (χ3n) is 5.03. The standard InChI is InChI=1S/C22H19ClFN3O2S/c23-15-5-3-4-14(12-15)21-26-19(13-30-21)20(28)25-16-8-10-27(11-9-16)22(29)17-6-1-2-7-18(17)24/h1-7,12-13,16H,8-11H2,(H,25,28). The van der Waals surface area contributed by atoms with E-state index in [1.807, 2.05) is 18.2 Å². The summed E-state index contributed by atoms with van der Waals surface area (Å²) >= 11 is 7.41. The number of carbonyl (C=O) groups excluding carboxylic acids is 2. The van der Waals surface area contributed by atoms with Gasteiger partial charge < -0.3 is 10.2 Å². The second kappa shape index (κ2) is 8.93. The van der Waals surface area contributed by atoms with Gasteiger partial charge in [0.1, 0.15) is 16.5 Å². The Morgan fingerprint density at radius 2 is 1.90 bits per heavy atom. The maximum absolute atomic E-state index is 13.9. The van der Waals surface area contributed by atoms with E-state index in [2.05, 4.69) is 10.3 Å². The molecule has 0 unspecified atom stereocenters. The summed E-state index contributed by atoms with van der Waals surface area (Å²) in [4.78, 5) is 31.1. The minimum absolute atomic E-state index is 0.0570. The van der Waals surface area contributed by atoms with Crippen molar-refractivity contribution in [3.8, 4) is 10.6 Å². The van der Waals surface area contributed by atoms with E-state index in [1.165, 1.54) is 23.5 Å². The summed E-state index contributed by atoms with van der Waals surface area (Å²) in [6.45, 7) is 0.923. The molecule has 4 rings (SSSR count). The molecule has 1 saturated heterocycles. The third kappa shape index (κ3) is 4.52. The minimum Gasteiger partial charge on any atom is -0.348 e. The van der Waals surface area contributed by atoms with E-state index in [9.17, 15) is 14.0 Å². The van der Waals surface area contributed by atoms with Gasteiger partial charge in [-0.2, -0.15) is 0 Å². The predicted octanol–water partition coefficient (Wildman–Crippen LogP) is 4.64. The van der Waals surface area contributed by atoms with E-state index in [4.69, 9.17) is 11.6 Å². The number of hydrogen-bond acceptors (Lipinski definition) is 4. The van der Waals surface area contributed by atoms with Gasteiger partial charge in [-0.1, -0.05) is 35.9 Å². The van der Waals surface area contributed by atoms with E-state index in [0.29, 0.717) is 36.6 Å². The molecule has 5 nitrogen and oxygen atoms in total. The molecule has 1 aromatic heterocycles. The van der Waals surface area contributed by atoms with Crippen LogP contribution < -0.4 is 5.32 Å². The summed E-state index contributed by atoms with van der Waals surface area (Å²) in [5, 5.41) is 6.06. The van der Waals surface area contributed by atoms with Crippen molar-refractivity contribution >= 4 is 34.8 Å². The van der Waals surface area contributed by atoms with E-state index in [-0.39, 0.29) is 23.4 Å². The second-order valence-corrected chi connectivity index (χ2v) is 8.36. The summed E-state index contributed by atoms with van der Waals surface area (Å²) in [6, 6.07) is 13.3. The summed E-state index contributed by atoms with van der Waals surface area (Å²) < 4.78 is 13.9. The van der Waals surface area contributed by atoms with Gasteiger partial charge in [-0.05, 0) is 37.1 Å². The summed E-state index contributed by atoms with van der Waals surface area (Å²) in [6.07, 6.45) is 1.22. The highest BCUT2D eigenvalue weighted by Crippen LogP contribution is 2.26. The van der Waals surface area contributed by atoms with Gasteiger partial charge in [0, 0.05) is 35.1 Å². The fourth-order valence-electron chi connectivity index (χ4n) is 3.42. The van der Waals surface area contributed by atoms with Gasteiger partial charge in [0.05, 0.1) is 5.56 Å². The van der Waals surface area contributed by atoms with Crippen molar-refractivity contribution in [2.24, 2.45) is 0 Å². The van der Waals surface area contributed by atoms with Crippen LogP contribution in [0.1, 0.15) is 33.7 Å². The summed E-state index contributed by atoms with van der Waals surface area (Å²) in [5.41, 5.74) is 1.31. The average Bonchev–Trinajstić information content (AvgIpc) is 3.25. The summed E-state index contributed by atoms with van der Waals surface area (Å²) in [5.74, 6) is -1.07. The molecule has 0 saturated carbocycles. The monoisotopic (exact) mass is 443 g/mol. The van der Waals surface area contributed by atoms with Gasteiger partial charge in [0.2, 0.25) is 0 Å². The molecule has 3 aromatic rings. The Labute approximate surface area is 182 Å². The van der Waals surface area contributed by atoms with Crippen LogP contribution in [0.2, 0.25) is 5.02 Å². The van der Waals surface area contributed by atoms with Crippen LogP contribution in [0, 0.1) is 5.82 Å². The van der Waals surface area contributed by atoms with Gasteiger partial charge >= 0.3 is 0 Å². The predicted molar refractivity (Wildman–Crippen MR) is 115 cm³/mol. The van der Waals surface area contributed by atoms with Crippen LogP contribution >= 0.6 is 22.9 Å². The first-order valence-electron chi connectivity index (χ1n) is 9.57. The van der Waals surface area contributed by atoms with Crippen molar-refractivity contribution in [1.82, 2.24) is 15.2 Å². The SMILES string of the molecule is O=C(NC1CCN(C(=O)c2ccccc2F)CC1)c1csc(-c2cccc(Cl)c2)n1. The first-order chi connectivity index (χ1) is 14.5. The molecular weight excluding hydrogens is 425 g/mol. The Balaban J connectivity index is 1.34. The van der Waals surface area contributed by atoms with Gasteiger partial charge in [-0.25, -0.2) is 9.37 Å². The van der Waals surface area contributed by atoms with Crippen molar-refractivity contribution in [3.05, 3.63) is 76.0 Å². The van der Waals surface area contributed by atoms with Crippen molar-refractivity contribution in [1.29, 1.82) is 0 Å². The first-order valence-corrected chi connectivity index (χ1v) is 10.8. The molecule has 2 amide bonds. The molecular formula is C22H19ClFN3O2S. The van der Waals surface area contributed by atoms with Crippen LogP contribution in [0.15, 0.2) is 53.9 Å². The Bertz CT molecular complexity index is 1080. The van der Waals surface area contributed by atoms with Crippen LogP contribution in [0.3, 0.4) is 0 Å². The molecule has 30 heavy (non-hydrogen) atoms. The van der Waals surface area contributed by atoms with Crippen LogP contribution in [-0.2, 0) is 0 Å². The zero-order valence-corrected chi connectivity index (χ0v) is 17.5. The van der Waals surface area contributed by atoms with Crippen molar-refractivity contribution in [2.45, 2.75) is 18.9 Å². The molecule has 2 heterocycles. The number of amides is 2. The van der Waals surface area contributed by atoms with Crippen molar-refractivity contribution in [2.75, 3.05) is 13.1 Å². The molecule has 0 atom stereocenters. The third-order valence-corrected chi connectivity index (χ3v) is 6.16. The normalized spacial score (nSPS) is 14.5. The molecule has 154 valence electrons. The molecule has 0 bridgehead atoms. The number of nitrogens with one attached hydrogen (secondary N) is 1. The Morgan fingerprint density at radius 3 is 2.63 bits per heavy atom. The Kier molecular flexibility index (Phi) is 6.11. The number of halogens is 2. The molecule has 0 spiro atoms. The van der Waals surface area contributed by atoms with Gasteiger partial charge in [0.25, 0.3) is 11.8 Å².